The van der Waals surface area contributed by atoms with E-state index in [9.17, 15) is 14.4 Å². The Morgan fingerprint density at radius 3 is 2.85 bits per heavy atom. The van der Waals surface area contributed by atoms with E-state index in [0.717, 1.165) is 16.4 Å². The van der Waals surface area contributed by atoms with Crippen LogP contribution in [0.1, 0.15) is 21.8 Å². The van der Waals surface area contributed by atoms with Crippen LogP contribution in [-0.2, 0) is 9.53 Å². The van der Waals surface area contributed by atoms with Gasteiger partial charge in [0.1, 0.15) is 4.88 Å². The molecular formula is C11H12N4O4S. The molecule has 9 heteroatoms. The summed E-state index contributed by atoms with van der Waals surface area (Å²) in [6, 6.07) is -0.303. The number of nitrogens with zero attached hydrogens (tertiary/aromatic N) is 4. The van der Waals surface area contributed by atoms with Gasteiger partial charge in [-0.15, -0.1) is 5.10 Å². The van der Waals surface area contributed by atoms with Gasteiger partial charge in [0.25, 0.3) is 11.8 Å². The smallest absolute Gasteiger partial charge is 0.417 e. The Hall–Kier alpha value is -2.03. The maximum atomic E-state index is 12.3. The highest BCUT2D eigenvalue weighted by atomic mass is 32.1. The Morgan fingerprint density at radius 1 is 1.45 bits per heavy atom. The summed E-state index contributed by atoms with van der Waals surface area (Å²) in [7, 11) is 0. The second kappa shape index (κ2) is 4.82. The summed E-state index contributed by atoms with van der Waals surface area (Å²) < 4.78 is 8.43. The molecule has 0 N–H and O–H groups in total. The fourth-order valence-electron chi connectivity index (χ4n) is 2.43. The maximum Gasteiger partial charge on any atom is 0.417 e. The average Bonchev–Trinajstić information content (AvgIpc) is 3.10. The van der Waals surface area contributed by atoms with Gasteiger partial charge in [0.15, 0.2) is 6.61 Å². The Labute approximate surface area is 118 Å². The molecule has 0 aromatic carbocycles. The molecule has 1 atom stereocenters. The van der Waals surface area contributed by atoms with Gasteiger partial charge in [0, 0.05) is 13.1 Å². The largest absolute Gasteiger partial charge is 0.439 e. The molecule has 0 saturated carbocycles. The minimum absolute atomic E-state index is 0.153. The van der Waals surface area contributed by atoms with Gasteiger partial charge in [-0.3, -0.25) is 9.59 Å². The van der Waals surface area contributed by atoms with Crippen molar-refractivity contribution in [1.29, 1.82) is 0 Å². The zero-order chi connectivity index (χ0) is 14.3. The van der Waals surface area contributed by atoms with Crippen molar-refractivity contribution in [3.63, 3.8) is 0 Å². The highest BCUT2D eigenvalue weighted by molar-refractivity contribution is 7.07. The van der Waals surface area contributed by atoms with Crippen LogP contribution in [0.3, 0.4) is 0 Å². The molecule has 1 aromatic heterocycles. The van der Waals surface area contributed by atoms with Gasteiger partial charge in [-0.2, -0.15) is 0 Å². The van der Waals surface area contributed by atoms with Crippen LogP contribution in [0.2, 0.25) is 0 Å². The van der Waals surface area contributed by atoms with Gasteiger partial charge in [-0.25, -0.2) is 9.69 Å². The van der Waals surface area contributed by atoms with Crippen LogP contribution >= 0.6 is 11.5 Å². The van der Waals surface area contributed by atoms with E-state index in [-0.39, 0.29) is 24.5 Å². The molecule has 20 heavy (non-hydrogen) atoms. The van der Waals surface area contributed by atoms with E-state index in [1.807, 2.05) is 0 Å². The van der Waals surface area contributed by atoms with E-state index in [1.165, 1.54) is 0 Å². The van der Waals surface area contributed by atoms with Gasteiger partial charge in [0.05, 0.1) is 11.7 Å². The van der Waals surface area contributed by atoms with E-state index in [2.05, 4.69) is 9.59 Å². The zero-order valence-electron chi connectivity index (χ0n) is 10.7. The van der Waals surface area contributed by atoms with Crippen molar-refractivity contribution in [2.45, 2.75) is 19.4 Å². The third-order valence-electron chi connectivity index (χ3n) is 3.45. The lowest BCUT2D eigenvalue weighted by molar-refractivity contribution is -0.127. The second-order valence-electron chi connectivity index (χ2n) is 4.70. The summed E-state index contributed by atoms with van der Waals surface area (Å²) in [6.45, 7) is 2.35. The van der Waals surface area contributed by atoms with Crippen molar-refractivity contribution in [2.75, 3.05) is 19.7 Å². The van der Waals surface area contributed by atoms with Crippen LogP contribution in [0.15, 0.2) is 0 Å². The molecule has 3 amide bonds. The number of amides is 3. The van der Waals surface area contributed by atoms with E-state index in [0.29, 0.717) is 30.1 Å². The molecule has 1 unspecified atom stereocenters. The minimum Gasteiger partial charge on any atom is -0.439 e. The molecule has 8 nitrogen and oxygen atoms in total. The molecule has 0 aliphatic carbocycles. The Balaban J connectivity index is 1.71. The number of rotatable bonds is 2. The maximum absolute atomic E-state index is 12.3. The molecule has 0 radical (unpaired) electrons. The van der Waals surface area contributed by atoms with Crippen LogP contribution in [0.25, 0.3) is 0 Å². The van der Waals surface area contributed by atoms with E-state index < -0.39 is 6.09 Å². The SMILES string of the molecule is Cc1nnsc1C(=O)N1CCC(N2C(=O)COC2=O)C1. The first kappa shape index (κ1) is 13.0. The average molecular weight is 296 g/mol. The number of aryl methyl sites for hydroxylation is 1. The van der Waals surface area contributed by atoms with Crippen LogP contribution < -0.4 is 0 Å². The molecule has 3 heterocycles. The van der Waals surface area contributed by atoms with Gasteiger partial charge in [-0.05, 0) is 24.9 Å². The summed E-state index contributed by atoms with van der Waals surface area (Å²) in [5.74, 6) is -0.495. The fourth-order valence-corrected chi connectivity index (χ4v) is 3.05. The van der Waals surface area contributed by atoms with Crippen LogP contribution in [0, 0.1) is 6.92 Å². The highest BCUT2D eigenvalue weighted by Gasteiger charge is 2.41. The number of carbonyl (C=O) groups excluding carboxylic acids is 3. The van der Waals surface area contributed by atoms with Crippen molar-refractivity contribution < 1.29 is 19.1 Å². The Kier molecular flexibility index (Phi) is 3.13. The molecule has 0 spiro atoms. The first-order valence-electron chi connectivity index (χ1n) is 6.15. The number of ether oxygens (including phenoxy) is 1. The van der Waals surface area contributed by atoms with Crippen molar-refractivity contribution >= 4 is 29.4 Å². The summed E-state index contributed by atoms with van der Waals surface area (Å²) in [6.07, 6.45) is -0.0531. The third-order valence-corrected chi connectivity index (χ3v) is 4.26. The molecule has 2 fully saturated rings. The number of likely N-dealkylation sites (tertiary alicyclic amines) is 1. The molecule has 2 aliphatic heterocycles. The second-order valence-corrected chi connectivity index (χ2v) is 5.45. The van der Waals surface area contributed by atoms with Gasteiger partial charge in [0.2, 0.25) is 0 Å². The Bertz CT molecular complexity index is 571. The van der Waals surface area contributed by atoms with Crippen molar-refractivity contribution in [3.05, 3.63) is 10.6 Å². The number of imide groups is 1. The number of aromatic nitrogens is 2. The predicted molar refractivity (Wildman–Crippen MR) is 67.1 cm³/mol. The normalized spacial score (nSPS) is 22.6. The lowest BCUT2D eigenvalue weighted by Crippen LogP contribution is -2.42. The third kappa shape index (κ3) is 2.03. The summed E-state index contributed by atoms with van der Waals surface area (Å²) >= 11 is 1.05. The Morgan fingerprint density at radius 2 is 2.25 bits per heavy atom. The molecule has 2 saturated heterocycles. The predicted octanol–water partition coefficient (Wildman–Crippen LogP) is 0.0398. The van der Waals surface area contributed by atoms with Crippen molar-refractivity contribution in [2.24, 2.45) is 0 Å². The quantitative estimate of drug-likeness (QED) is 0.765. The molecule has 1 aromatic rings. The molecule has 0 bridgehead atoms. The van der Waals surface area contributed by atoms with Gasteiger partial charge < -0.3 is 9.64 Å². The standard InChI is InChI=1S/C11H12N4O4S/c1-6-9(20-13-12-6)10(17)14-3-2-7(4-14)15-8(16)5-19-11(15)18/h7H,2-5H2,1H3. The highest BCUT2D eigenvalue weighted by Crippen LogP contribution is 2.23. The number of cyclic esters (lactones) is 1. The number of hydrogen-bond acceptors (Lipinski definition) is 7. The first-order chi connectivity index (χ1) is 9.58. The van der Waals surface area contributed by atoms with Crippen LogP contribution in [-0.4, -0.2) is 63.0 Å². The van der Waals surface area contributed by atoms with Gasteiger partial charge >= 0.3 is 6.09 Å². The number of carbonyl (C=O) groups is 3. The number of hydrogen-bond donors (Lipinski definition) is 0. The van der Waals surface area contributed by atoms with Crippen molar-refractivity contribution in [1.82, 2.24) is 19.4 Å². The van der Waals surface area contributed by atoms with E-state index >= 15 is 0 Å². The lowest BCUT2D eigenvalue weighted by atomic mass is 10.2. The van der Waals surface area contributed by atoms with Crippen LogP contribution in [0.4, 0.5) is 4.79 Å². The lowest BCUT2D eigenvalue weighted by Gasteiger charge is -2.20. The summed E-state index contributed by atoms with van der Waals surface area (Å²) in [4.78, 5) is 38.6. The molecule has 2 aliphatic rings. The van der Waals surface area contributed by atoms with Crippen LogP contribution in [0.5, 0.6) is 0 Å². The monoisotopic (exact) mass is 296 g/mol. The first-order valence-corrected chi connectivity index (χ1v) is 6.92. The minimum atomic E-state index is -0.620. The molecule has 106 valence electrons. The summed E-state index contributed by atoms with van der Waals surface area (Å²) in [5, 5.41) is 3.81. The zero-order valence-corrected chi connectivity index (χ0v) is 11.6. The van der Waals surface area contributed by atoms with E-state index in [1.54, 1.807) is 11.8 Å². The van der Waals surface area contributed by atoms with Gasteiger partial charge in [-0.1, -0.05) is 4.49 Å². The fraction of sp³-hybridized carbons (Fsp3) is 0.545. The van der Waals surface area contributed by atoms with Crippen molar-refractivity contribution in [3.8, 4) is 0 Å². The molecular weight excluding hydrogens is 284 g/mol. The topological polar surface area (TPSA) is 92.7 Å². The molecule has 3 rings (SSSR count). The summed E-state index contributed by atoms with van der Waals surface area (Å²) in [5.41, 5.74) is 0.597. The van der Waals surface area contributed by atoms with E-state index in [4.69, 9.17) is 4.74 Å².